The van der Waals surface area contributed by atoms with Crippen LogP contribution in [0.15, 0.2) is 24.8 Å². The first kappa shape index (κ1) is 12.8. The van der Waals surface area contributed by atoms with E-state index >= 15 is 0 Å². The summed E-state index contributed by atoms with van der Waals surface area (Å²) < 4.78 is 38.3. The van der Waals surface area contributed by atoms with Gasteiger partial charge in [0.05, 0.1) is 17.9 Å². The van der Waals surface area contributed by atoms with Gasteiger partial charge in [-0.05, 0) is 13.5 Å². The molecule has 0 saturated carbocycles. The molecule has 2 aromatic rings. The number of fused-ring (bicyclic) bond motifs is 1. The molecule has 1 unspecified atom stereocenters. The van der Waals surface area contributed by atoms with Crippen molar-refractivity contribution in [3.63, 3.8) is 0 Å². The number of halogens is 3. The lowest BCUT2D eigenvalue weighted by Crippen LogP contribution is -2.19. The number of aromatic nitrogens is 3. The predicted molar refractivity (Wildman–Crippen MR) is 60.1 cm³/mol. The van der Waals surface area contributed by atoms with Gasteiger partial charge in [0.2, 0.25) is 0 Å². The molecule has 7 heteroatoms. The maximum Gasteiger partial charge on any atom is 0.389 e. The average Bonchev–Trinajstić information content (AvgIpc) is 2.73. The van der Waals surface area contributed by atoms with Gasteiger partial charge in [-0.25, -0.2) is 4.52 Å². The maximum atomic E-state index is 12.2. The molecule has 0 amide bonds. The molecule has 0 spiro atoms. The maximum absolute atomic E-state index is 12.2. The number of nitrogens with one attached hydrogen (secondary N) is 1. The Morgan fingerprint density at radius 2 is 2.17 bits per heavy atom. The minimum absolute atomic E-state index is 0.0176. The Bertz CT molecular complexity index is 520. The quantitative estimate of drug-likeness (QED) is 0.915. The van der Waals surface area contributed by atoms with E-state index in [9.17, 15) is 13.2 Å². The van der Waals surface area contributed by atoms with Gasteiger partial charge in [0.15, 0.2) is 0 Å². The first-order chi connectivity index (χ1) is 8.51. The molecule has 2 rings (SSSR count). The number of rotatable bonds is 4. The predicted octanol–water partition coefficient (Wildman–Crippen LogP) is 2.33. The van der Waals surface area contributed by atoms with E-state index in [4.69, 9.17) is 0 Å². The van der Waals surface area contributed by atoms with Crippen LogP contribution >= 0.6 is 0 Å². The zero-order valence-corrected chi connectivity index (χ0v) is 9.78. The van der Waals surface area contributed by atoms with Crippen LogP contribution in [0.4, 0.5) is 13.2 Å². The summed E-state index contributed by atoms with van der Waals surface area (Å²) in [6, 6.07) is -0.381. The molecule has 0 aromatic carbocycles. The highest BCUT2D eigenvalue weighted by Crippen LogP contribution is 2.28. The van der Waals surface area contributed by atoms with Crippen LogP contribution in [-0.4, -0.2) is 27.8 Å². The second kappa shape index (κ2) is 4.93. The van der Waals surface area contributed by atoms with E-state index in [1.807, 2.05) is 0 Å². The fourth-order valence-electron chi connectivity index (χ4n) is 1.88. The van der Waals surface area contributed by atoms with Crippen molar-refractivity contribution in [3.8, 4) is 0 Å². The Morgan fingerprint density at radius 3 is 2.83 bits per heavy atom. The Hall–Kier alpha value is -1.63. The molecule has 0 radical (unpaired) electrons. The van der Waals surface area contributed by atoms with Gasteiger partial charge < -0.3 is 5.32 Å². The third kappa shape index (κ3) is 2.79. The monoisotopic (exact) mass is 258 g/mol. The van der Waals surface area contributed by atoms with Crippen LogP contribution in [0.2, 0.25) is 0 Å². The van der Waals surface area contributed by atoms with E-state index < -0.39 is 12.6 Å². The third-order valence-electron chi connectivity index (χ3n) is 2.79. The molecular formula is C11H13F3N4. The van der Waals surface area contributed by atoms with Crippen molar-refractivity contribution in [2.45, 2.75) is 25.1 Å². The molecule has 2 aromatic heterocycles. The second-order valence-corrected chi connectivity index (χ2v) is 4.00. The van der Waals surface area contributed by atoms with Crippen LogP contribution in [0.5, 0.6) is 0 Å². The van der Waals surface area contributed by atoms with E-state index in [1.54, 1.807) is 36.4 Å². The van der Waals surface area contributed by atoms with Crippen LogP contribution in [0.1, 0.15) is 24.4 Å². The van der Waals surface area contributed by atoms with Crippen LogP contribution in [0, 0.1) is 0 Å². The van der Waals surface area contributed by atoms with E-state index in [0.29, 0.717) is 0 Å². The van der Waals surface area contributed by atoms with Gasteiger partial charge in [0.1, 0.15) is 0 Å². The van der Waals surface area contributed by atoms with Crippen LogP contribution in [0.3, 0.4) is 0 Å². The topological polar surface area (TPSA) is 42.2 Å². The standard InChI is InChI=1S/C11H13F3N4/c1-15-9(2-3-11(12,13)14)8-6-17-18-5-4-16-7-10(8)18/h4-7,9,15H,2-3H2,1H3. The lowest BCUT2D eigenvalue weighted by Gasteiger charge is -2.16. The molecule has 0 aliphatic rings. The zero-order valence-electron chi connectivity index (χ0n) is 9.78. The Morgan fingerprint density at radius 1 is 1.39 bits per heavy atom. The third-order valence-corrected chi connectivity index (χ3v) is 2.79. The molecule has 0 fully saturated rings. The number of hydrogen-bond donors (Lipinski definition) is 1. The van der Waals surface area contributed by atoms with Crippen LogP contribution in [0.25, 0.3) is 5.52 Å². The van der Waals surface area contributed by atoms with Gasteiger partial charge in [0.25, 0.3) is 0 Å². The molecule has 1 N–H and O–H groups in total. The summed E-state index contributed by atoms with van der Waals surface area (Å²) in [7, 11) is 1.64. The fraction of sp³-hybridized carbons (Fsp3) is 0.455. The fourth-order valence-corrected chi connectivity index (χ4v) is 1.88. The van der Waals surface area contributed by atoms with Crippen molar-refractivity contribution < 1.29 is 13.2 Å². The van der Waals surface area contributed by atoms with Crippen molar-refractivity contribution in [2.75, 3.05) is 7.05 Å². The van der Waals surface area contributed by atoms with Crippen LogP contribution < -0.4 is 5.32 Å². The van der Waals surface area contributed by atoms with E-state index in [0.717, 1.165) is 11.1 Å². The van der Waals surface area contributed by atoms with Gasteiger partial charge in [-0.1, -0.05) is 0 Å². The summed E-state index contributed by atoms with van der Waals surface area (Å²) in [6.07, 6.45) is 1.43. The van der Waals surface area contributed by atoms with Crippen molar-refractivity contribution in [2.24, 2.45) is 0 Å². The summed E-state index contributed by atoms with van der Waals surface area (Å²) >= 11 is 0. The van der Waals surface area contributed by atoms with Gasteiger partial charge in [-0.15, -0.1) is 0 Å². The molecule has 98 valence electrons. The Balaban J connectivity index is 2.22. The summed E-state index contributed by atoms with van der Waals surface area (Å²) in [6.45, 7) is 0. The van der Waals surface area contributed by atoms with E-state index in [1.165, 1.54) is 0 Å². The van der Waals surface area contributed by atoms with Crippen LogP contribution in [-0.2, 0) is 0 Å². The van der Waals surface area contributed by atoms with Gasteiger partial charge >= 0.3 is 6.18 Å². The first-order valence-corrected chi connectivity index (χ1v) is 5.52. The number of hydrogen-bond acceptors (Lipinski definition) is 3. The normalized spacial score (nSPS) is 14.0. The molecule has 0 aliphatic heterocycles. The van der Waals surface area contributed by atoms with E-state index in [-0.39, 0.29) is 12.5 Å². The molecule has 4 nitrogen and oxygen atoms in total. The second-order valence-electron chi connectivity index (χ2n) is 4.00. The largest absolute Gasteiger partial charge is 0.389 e. The van der Waals surface area contributed by atoms with E-state index in [2.05, 4.69) is 15.4 Å². The summed E-state index contributed by atoms with van der Waals surface area (Å²) in [5.41, 5.74) is 1.45. The molecule has 18 heavy (non-hydrogen) atoms. The summed E-state index contributed by atoms with van der Waals surface area (Å²) in [5.74, 6) is 0. The van der Waals surface area contributed by atoms with Gasteiger partial charge in [-0.3, -0.25) is 4.98 Å². The SMILES string of the molecule is CNC(CCC(F)(F)F)c1cnn2ccncc12. The average molecular weight is 258 g/mol. The van der Waals surface area contributed by atoms with Crippen molar-refractivity contribution in [1.29, 1.82) is 0 Å². The molecule has 2 heterocycles. The minimum atomic E-state index is -4.14. The summed E-state index contributed by atoms with van der Waals surface area (Å²) in [4.78, 5) is 3.96. The van der Waals surface area contributed by atoms with Crippen molar-refractivity contribution in [3.05, 3.63) is 30.4 Å². The lowest BCUT2D eigenvalue weighted by atomic mass is 10.0. The molecule has 0 saturated heterocycles. The minimum Gasteiger partial charge on any atom is -0.313 e. The van der Waals surface area contributed by atoms with Crippen molar-refractivity contribution >= 4 is 5.52 Å². The smallest absolute Gasteiger partial charge is 0.313 e. The highest BCUT2D eigenvalue weighted by Gasteiger charge is 2.29. The highest BCUT2D eigenvalue weighted by molar-refractivity contribution is 5.53. The van der Waals surface area contributed by atoms with Gasteiger partial charge in [0, 0.05) is 30.4 Å². The first-order valence-electron chi connectivity index (χ1n) is 5.52. The van der Waals surface area contributed by atoms with Crippen molar-refractivity contribution in [1.82, 2.24) is 19.9 Å². The molecule has 0 bridgehead atoms. The number of alkyl halides is 3. The molecule has 0 aliphatic carbocycles. The van der Waals surface area contributed by atoms with Gasteiger partial charge in [-0.2, -0.15) is 18.3 Å². The molecule has 1 atom stereocenters. The Labute approximate surface area is 102 Å². The zero-order chi connectivity index (χ0) is 13.2. The highest BCUT2D eigenvalue weighted by atomic mass is 19.4. The lowest BCUT2D eigenvalue weighted by molar-refractivity contribution is -0.136. The number of nitrogens with zero attached hydrogens (tertiary/aromatic N) is 3. The summed E-state index contributed by atoms with van der Waals surface area (Å²) in [5, 5.41) is 6.98. The molecular weight excluding hydrogens is 245 g/mol. The Kier molecular flexibility index (Phi) is 3.51.